The van der Waals surface area contributed by atoms with Gasteiger partial charge >= 0.3 is 11.7 Å². The molecule has 11 heteroatoms. The molecule has 0 unspecified atom stereocenters. The van der Waals surface area contributed by atoms with Crippen molar-refractivity contribution in [1.82, 2.24) is 5.43 Å². The van der Waals surface area contributed by atoms with Gasteiger partial charge < -0.3 is 14.5 Å². The lowest BCUT2D eigenvalue weighted by molar-refractivity contribution is -0.385. The molecule has 0 aliphatic rings. The zero-order chi connectivity index (χ0) is 26.9. The molecule has 0 saturated heterocycles. The molecule has 4 rings (SSSR count). The Kier molecular flexibility index (Phi) is 7.99. The van der Waals surface area contributed by atoms with Crippen molar-refractivity contribution in [2.45, 2.75) is 6.42 Å². The Morgan fingerprint density at radius 1 is 0.947 bits per heavy atom. The number of carbonyl (C=O) groups is 3. The van der Waals surface area contributed by atoms with E-state index in [1.54, 1.807) is 12.1 Å². The summed E-state index contributed by atoms with van der Waals surface area (Å²) >= 11 is 0. The number of amides is 2. The summed E-state index contributed by atoms with van der Waals surface area (Å²) in [6.07, 6.45) is 2.60. The summed E-state index contributed by atoms with van der Waals surface area (Å²) in [4.78, 5) is 47.7. The fourth-order valence-electron chi connectivity index (χ4n) is 3.35. The third-order valence-corrected chi connectivity index (χ3v) is 5.15. The highest BCUT2D eigenvalue weighted by Gasteiger charge is 2.23. The maximum absolute atomic E-state index is 12.5. The summed E-state index contributed by atoms with van der Waals surface area (Å²) < 4.78 is 10.2. The van der Waals surface area contributed by atoms with Crippen LogP contribution in [0.4, 0.5) is 11.4 Å². The van der Waals surface area contributed by atoms with Gasteiger partial charge in [0.15, 0.2) is 0 Å². The highest BCUT2D eigenvalue weighted by molar-refractivity contribution is 5.97. The summed E-state index contributed by atoms with van der Waals surface area (Å²) in [5.74, 6) is -2.19. The predicted octanol–water partition coefficient (Wildman–Crippen LogP) is 4.35. The lowest BCUT2D eigenvalue weighted by Gasteiger charge is -2.07. The van der Waals surface area contributed by atoms with Gasteiger partial charge in [-0.1, -0.05) is 36.4 Å². The van der Waals surface area contributed by atoms with E-state index in [2.05, 4.69) is 15.8 Å². The number of anilines is 1. The number of hydrogen-bond acceptors (Lipinski definition) is 8. The average molecular weight is 512 g/mol. The largest absolute Gasteiger partial charge is 0.457 e. The smallest absolute Gasteiger partial charge is 0.379 e. The maximum atomic E-state index is 12.5. The van der Waals surface area contributed by atoms with Crippen molar-refractivity contribution in [2.75, 3.05) is 5.32 Å². The van der Waals surface area contributed by atoms with E-state index in [0.29, 0.717) is 5.69 Å². The molecule has 0 fully saturated rings. The highest BCUT2D eigenvalue weighted by atomic mass is 16.6. The van der Waals surface area contributed by atoms with Gasteiger partial charge in [-0.2, -0.15) is 5.10 Å². The highest BCUT2D eigenvalue weighted by Crippen LogP contribution is 2.30. The second-order valence-corrected chi connectivity index (χ2v) is 7.81. The van der Waals surface area contributed by atoms with Gasteiger partial charge in [-0.3, -0.25) is 19.7 Å². The number of furan rings is 1. The summed E-state index contributed by atoms with van der Waals surface area (Å²) in [6.45, 7) is 0. The van der Waals surface area contributed by atoms with Crippen LogP contribution in [0.15, 0.2) is 101 Å². The lowest BCUT2D eigenvalue weighted by atomic mass is 10.1. The molecule has 0 aliphatic carbocycles. The van der Waals surface area contributed by atoms with E-state index in [1.807, 2.05) is 30.3 Å². The minimum atomic E-state index is -0.932. The molecule has 3 aromatic carbocycles. The number of hydrogen-bond donors (Lipinski definition) is 2. The van der Waals surface area contributed by atoms with Gasteiger partial charge in [-0.15, -0.1) is 0 Å². The molecule has 0 aliphatic heterocycles. The monoisotopic (exact) mass is 512 g/mol. The normalized spacial score (nSPS) is 10.6. The number of benzene rings is 3. The first-order valence-electron chi connectivity index (χ1n) is 11.2. The third-order valence-electron chi connectivity index (χ3n) is 5.15. The van der Waals surface area contributed by atoms with Crippen LogP contribution in [0.2, 0.25) is 0 Å². The van der Waals surface area contributed by atoms with Gasteiger partial charge in [0.2, 0.25) is 17.4 Å². The number of hydrazone groups is 1. The van der Waals surface area contributed by atoms with Gasteiger partial charge in [0.1, 0.15) is 0 Å². The molecule has 2 amide bonds. The average Bonchev–Trinajstić information content (AvgIpc) is 3.45. The Hall–Kier alpha value is -5.58. The van der Waals surface area contributed by atoms with E-state index >= 15 is 0 Å². The van der Waals surface area contributed by atoms with Crippen LogP contribution in [0.5, 0.6) is 5.75 Å². The second kappa shape index (κ2) is 11.9. The van der Waals surface area contributed by atoms with Crippen molar-refractivity contribution in [2.24, 2.45) is 5.10 Å². The van der Waals surface area contributed by atoms with Crippen molar-refractivity contribution in [3.8, 4) is 5.75 Å². The van der Waals surface area contributed by atoms with Crippen molar-refractivity contribution in [3.63, 3.8) is 0 Å². The maximum Gasteiger partial charge on any atom is 0.379 e. The number of para-hydroxylation sites is 1. The molecule has 1 aromatic heterocycles. The van der Waals surface area contributed by atoms with E-state index < -0.39 is 22.5 Å². The quantitative estimate of drug-likeness (QED) is 0.111. The van der Waals surface area contributed by atoms with Crippen LogP contribution >= 0.6 is 0 Å². The van der Waals surface area contributed by atoms with Crippen LogP contribution in [0.3, 0.4) is 0 Å². The van der Waals surface area contributed by atoms with E-state index in [1.165, 1.54) is 48.7 Å². The number of nitrogens with one attached hydrogen (secondary N) is 2. The molecular formula is C27H20N4O7. The van der Waals surface area contributed by atoms with E-state index in [9.17, 15) is 24.5 Å². The standard InChI is InChI=1S/C27H20N4O7/c32-24(16-18-6-2-1-3-7-18)29-21-13-11-19(12-14-21)26(33)30-28-17-20-8-4-9-22(31(35)36)25(20)38-27(34)23-10-5-15-37-23/h1-15,17H,16H2,(H,29,32)(H,30,33)/b28-17+. The molecule has 0 spiro atoms. The molecule has 4 aromatic rings. The molecule has 0 atom stereocenters. The van der Waals surface area contributed by atoms with E-state index in [-0.39, 0.29) is 35.0 Å². The number of nitro benzene ring substituents is 1. The number of carbonyl (C=O) groups excluding carboxylic acids is 3. The summed E-state index contributed by atoms with van der Waals surface area (Å²) in [7, 11) is 0. The Morgan fingerprint density at radius 2 is 1.71 bits per heavy atom. The summed E-state index contributed by atoms with van der Waals surface area (Å²) in [5, 5.41) is 18.0. The zero-order valence-corrected chi connectivity index (χ0v) is 19.7. The second-order valence-electron chi connectivity index (χ2n) is 7.81. The Balaban J connectivity index is 1.40. The van der Waals surface area contributed by atoms with Crippen LogP contribution in [0.1, 0.15) is 32.0 Å². The van der Waals surface area contributed by atoms with Crippen molar-refractivity contribution in [1.29, 1.82) is 0 Å². The van der Waals surface area contributed by atoms with Gasteiger partial charge in [-0.25, -0.2) is 10.2 Å². The van der Waals surface area contributed by atoms with Crippen molar-refractivity contribution < 1.29 is 28.5 Å². The van der Waals surface area contributed by atoms with Gasteiger partial charge in [0, 0.05) is 22.9 Å². The van der Waals surface area contributed by atoms with Crippen LogP contribution < -0.4 is 15.5 Å². The van der Waals surface area contributed by atoms with Gasteiger partial charge in [-0.05, 0) is 48.0 Å². The zero-order valence-electron chi connectivity index (χ0n) is 19.7. The minimum Gasteiger partial charge on any atom is -0.457 e. The first-order valence-corrected chi connectivity index (χ1v) is 11.2. The predicted molar refractivity (Wildman–Crippen MR) is 137 cm³/mol. The number of nitro groups is 1. The molecule has 38 heavy (non-hydrogen) atoms. The van der Waals surface area contributed by atoms with Gasteiger partial charge in [0.05, 0.1) is 23.8 Å². The Labute approximate surface area is 215 Å². The fraction of sp³-hybridized carbons (Fsp3) is 0.0370. The Morgan fingerprint density at radius 3 is 2.39 bits per heavy atom. The molecule has 0 saturated carbocycles. The number of rotatable bonds is 9. The molecule has 11 nitrogen and oxygen atoms in total. The van der Waals surface area contributed by atoms with Crippen molar-refractivity contribution >= 4 is 35.4 Å². The topological polar surface area (TPSA) is 153 Å². The minimum absolute atomic E-state index is 0.0795. The first-order chi connectivity index (χ1) is 18.4. The third kappa shape index (κ3) is 6.55. The van der Waals surface area contributed by atoms with E-state index in [4.69, 9.17) is 9.15 Å². The molecule has 2 N–H and O–H groups in total. The Bertz CT molecular complexity index is 1480. The lowest BCUT2D eigenvalue weighted by Crippen LogP contribution is -2.18. The SMILES string of the molecule is O=C(Cc1ccccc1)Nc1ccc(C(=O)N/N=C/c2cccc([N+](=O)[O-])c2OC(=O)c2ccco2)cc1. The molecule has 1 heterocycles. The van der Waals surface area contributed by atoms with Crippen molar-refractivity contribution in [3.05, 3.63) is 124 Å². The number of esters is 1. The molecular weight excluding hydrogens is 492 g/mol. The van der Waals surface area contributed by atoms with Crippen LogP contribution in [0.25, 0.3) is 0 Å². The van der Waals surface area contributed by atoms with E-state index in [0.717, 1.165) is 11.8 Å². The van der Waals surface area contributed by atoms with Crippen LogP contribution in [-0.2, 0) is 11.2 Å². The fourth-order valence-corrected chi connectivity index (χ4v) is 3.35. The van der Waals surface area contributed by atoms with Crippen LogP contribution in [-0.4, -0.2) is 28.9 Å². The van der Waals surface area contributed by atoms with Gasteiger partial charge in [0.25, 0.3) is 5.91 Å². The first kappa shape index (κ1) is 25.5. The number of ether oxygens (including phenoxy) is 1. The molecule has 0 radical (unpaired) electrons. The summed E-state index contributed by atoms with van der Waals surface area (Å²) in [5.41, 5.74) is 3.58. The van der Waals surface area contributed by atoms with Crippen LogP contribution in [0, 0.1) is 10.1 Å². The number of nitrogens with zero attached hydrogens (tertiary/aromatic N) is 2. The summed E-state index contributed by atoms with van der Waals surface area (Å²) in [6, 6.07) is 22.3. The molecule has 0 bridgehead atoms. The molecule has 190 valence electrons.